The van der Waals surface area contributed by atoms with Crippen molar-refractivity contribution in [3.63, 3.8) is 0 Å². The van der Waals surface area contributed by atoms with Gasteiger partial charge >= 0.3 is 11.9 Å². The summed E-state index contributed by atoms with van der Waals surface area (Å²) in [7, 11) is 0. The van der Waals surface area contributed by atoms with Gasteiger partial charge in [0.25, 0.3) is 0 Å². The number of aromatic nitrogens is 3. The van der Waals surface area contributed by atoms with Gasteiger partial charge in [0.05, 0.1) is 11.1 Å². The molecule has 3 heterocycles. The molecule has 3 aromatic rings. The third kappa shape index (κ3) is 12.8. The van der Waals surface area contributed by atoms with Crippen molar-refractivity contribution in [3.8, 4) is 45.8 Å². The number of unbranched alkanes of at least 4 members (excludes halogenated alkanes) is 6. The van der Waals surface area contributed by atoms with Crippen LogP contribution in [0.5, 0.6) is 23.0 Å². The number of hydrogen-bond donors (Lipinski definition) is 2. The third-order valence-electron chi connectivity index (χ3n) is 12.6. The first-order valence-corrected chi connectivity index (χ1v) is 22.8. The molecule has 2 N–H and O–H groups in total. The Morgan fingerprint density at radius 3 is 1.31 bits per heavy atom. The predicted octanol–water partition coefficient (Wildman–Crippen LogP) is 9.66. The predicted molar refractivity (Wildman–Crippen MR) is 241 cm³/mol. The van der Waals surface area contributed by atoms with E-state index in [1.54, 1.807) is 24.3 Å². The number of ether oxygens (including phenoxy) is 4. The Labute approximate surface area is 369 Å². The topological polar surface area (TPSA) is 157 Å². The van der Waals surface area contributed by atoms with Crippen LogP contribution in [0.25, 0.3) is 22.8 Å². The molecule has 1 aromatic heterocycles. The van der Waals surface area contributed by atoms with E-state index in [1.165, 1.54) is 57.0 Å². The van der Waals surface area contributed by atoms with Crippen LogP contribution in [0.4, 0.5) is 0 Å². The number of nitrogens with zero attached hydrogens (tertiary/aromatic N) is 5. The lowest BCUT2D eigenvalue weighted by Crippen LogP contribution is -2.62. The normalized spacial score (nSPS) is 18.9. The van der Waals surface area contributed by atoms with E-state index < -0.39 is 11.9 Å². The molecule has 2 fully saturated rings. The van der Waals surface area contributed by atoms with Crippen LogP contribution in [0, 0.1) is 0 Å². The highest BCUT2D eigenvalue weighted by Gasteiger charge is 2.47. The molecular weight excluding hydrogens is 787 g/mol. The van der Waals surface area contributed by atoms with Crippen LogP contribution in [0.1, 0.15) is 146 Å². The summed E-state index contributed by atoms with van der Waals surface area (Å²) in [4.78, 5) is 44.0. The first kappa shape index (κ1) is 48.5. The maximum Gasteiger partial charge on any atom is 0.344 e. The molecule has 2 aliphatic rings. The second kappa shape index (κ2) is 20.8. The van der Waals surface area contributed by atoms with Crippen LogP contribution < -0.4 is 9.47 Å². The summed E-state index contributed by atoms with van der Waals surface area (Å²) in [6, 6.07) is 9.20. The zero-order valence-electron chi connectivity index (χ0n) is 39.1. The Morgan fingerprint density at radius 1 is 0.597 bits per heavy atom. The van der Waals surface area contributed by atoms with Crippen molar-refractivity contribution in [2.75, 3.05) is 26.3 Å². The number of hydrogen-bond acceptors (Lipinski definition) is 13. The zero-order valence-corrected chi connectivity index (χ0v) is 39.1. The Morgan fingerprint density at radius 2 is 0.968 bits per heavy atom. The highest BCUT2D eigenvalue weighted by molar-refractivity contribution is 5.73. The molecule has 62 heavy (non-hydrogen) atoms. The maximum absolute atomic E-state index is 13.0. The standard InChI is InChI=1S/C49H73N5O8/c1-11-13-15-17-23-53-46(3,4)27-36(28-47(53,5)6)61-42(57)31-59-34-19-21-38(40(55)25-34)44-50-33-51-45(52-44)39-22-20-35(26-41(39)56)60-32-43(58)62-37-29-48(7,8)54(49(9,10)30-37)24-18-16-14-12-2/h19-22,25-26,33,36-37,55-56H,11-18,23-24,27-32H2,1-10H3. The molecule has 0 saturated carbocycles. The molecule has 2 aliphatic heterocycles. The minimum Gasteiger partial charge on any atom is -0.507 e. The molecule has 2 aromatic carbocycles. The van der Waals surface area contributed by atoms with Crippen LogP contribution in [0.15, 0.2) is 42.7 Å². The number of phenols is 2. The summed E-state index contributed by atoms with van der Waals surface area (Å²) < 4.78 is 23.3. The number of esters is 2. The van der Waals surface area contributed by atoms with Crippen LogP contribution in [0.2, 0.25) is 0 Å². The summed E-state index contributed by atoms with van der Waals surface area (Å²) in [5, 5.41) is 21.9. The van der Waals surface area contributed by atoms with Gasteiger partial charge in [-0.1, -0.05) is 52.4 Å². The number of carbonyl (C=O) groups is 2. The maximum atomic E-state index is 13.0. The fourth-order valence-electron chi connectivity index (χ4n) is 10.1. The molecular formula is C49H73N5O8. The van der Waals surface area contributed by atoms with E-state index in [-0.39, 0.29) is 82.2 Å². The van der Waals surface area contributed by atoms with E-state index in [4.69, 9.17) is 18.9 Å². The van der Waals surface area contributed by atoms with Gasteiger partial charge < -0.3 is 29.2 Å². The number of aromatic hydroxyl groups is 2. The second-order valence-electron chi connectivity index (χ2n) is 19.8. The summed E-state index contributed by atoms with van der Waals surface area (Å²) in [5.41, 5.74) is 0.126. The number of phenolic OH excluding ortho intramolecular Hbond substituents is 2. The summed E-state index contributed by atoms with van der Waals surface area (Å²) >= 11 is 0. The molecule has 13 nitrogen and oxygen atoms in total. The molecule has 0 atom stereocenters. The van der Waals surface area contributed by atoms with Gasteiger partial charge in [0, 0.05) is 60.0 Å². The zero-order chi connectivity index (χ0) is 45.3. The van der Waals surface area contributed by atoms with Gasteiger partial charge in [0.1, 0.15) is 41.5 Å². The van der Waals surface area contributed by atoms with Gasteiger partial charge in [-0.05, 0) is 106 Å². The number of carbonyl (C=O) groups excluding carboxylic acids is 2. The molecule has 0 amide bonds. The van der Waals surface area contributed by atoms with Gasteiger partial charge in [-0.3, -0.25) is 9.80 Å². The molecule has 2 saturated heterocycles. The SMILES string of the molecule is CCCCCCN1C(C)(C)CC(OC(=O)COc2ccc(-c3ncnc(-c4ccc(OCC(=O)OC5CC(C)(C)N(CCCCCC)C(C)(C)C5)cc4O)n3)c(O)c2)CC1(C)C. The molecule has 0 unspecified atom stereocenters. The largest absolute Gasteiger partial charge is 0.507 e. The van der Waals surface area contributed by atoms with E-state index in [1.807, 2.05) is 0 Å². The minimum absolute atomic E-state index is 0.120. The van der Waals surface area contributed by atoms with Gasteiger partial charge in [-0.2, -0.15) is 0 Å². The van der Waals surface area contributed by atoms with Crippen molar-refractivity contribution in [2.24, 2.45) is 0 Å². The summed E-state index contributed by atoms with van der Waals surface area (Å²) in [6.45, 7) is 23.7. The van der Waals surface area contributed by atoms with Crippen LogP contribution in [-0.2, 0) is 19.1 Å². The third-order valence-corrected chi connectivity index (χ3v) is 12.6. The molecule has 0 aliphatic carbocycles. The van der Waals surface area contributed by atoms with Gasteiger partial charge in [0.2, 0.25) is 0 Å². The Balaban J connectivity index is 1.12. The highest BCUT2D eigenvalue weighted by atomic mass is 16.6. The van der Waals surface area contributed by atoms with E-state index in [0.29, 0.717) is 11.1 Å². The van der Waals surface area contributed by atoms with Crippen molar-refractivity contribution in [1.82, 2.24) is 24.8 Å². The van der Waals surface area contributed by atoms with Crippen molar-refractivity contribution in [2.45, 2.75) is 181 Å². The van der Waals surface area contributed by atoms with E-state index >= 15 is 0 Å². The van der Waals surface area contributed by atoms with Gasteiger partial charge in [-0.25, -0.2) is 24.5 Å². The van der Waals surface area contributed by atoms with Crippen molar-refractivity contribution < 1.29 is 38.7 Å². The van der Waals surface area contributed by atoms with Crippen molar-refractivity contribution >= 4 is 11.9 Å². The highest BCUT2D eigenvalue weighted by Crippen LogP contribution is 2.42. The smallest absolute Gasteiger partial charge is 0.344 e. The number of piperidine rings is 2. The first-order valence-electron chi connectivity index (χ1n) is 22.8. The number of rotatable bonds is 20. The van der Waals surface area contributed by atoms with E-state index in [2.05, 4.69) is 94.0 Å². The second-order valence-corrected chi connectivity index (χ2v) is 19.8. The fourth-order valence-corrected chi connectivity index (χ4v) is 10.1. The van der Waals surface area contributed by atoms with Gasteiger partial charge in [-0.15, -0.1) is 0 Å². The van der Waals surface area contributed by atoms with Crippen molar-refractivity contribution in [3.05, 3.63) is 42.7 Å². The Hall–Kier alpha value is -4.49. The lowest BCUT2D eigenvalue weighted by molar-refractivity contribution is -0.163. The monoisotopic (exact) mass is 860 g/mol. The van der Waals surface area contributed by atoms with Crippen LogP contribution in [-0.4, -0.2) is 108 Å². The summed E-state index contributed by atoms with van der Waals surface area (Å²) in [6.07, 6.45) is 13.4. The van der Waals surface area contributed by atoms with E-state index in [0.717, 1.165) is 51.6 Å². The van der Waals surface area contributed by atoms with Crippen molar-refractivity contribution in [1.29, 1.82) is 0 Å². The number of likely N-dealkylation sites (tertiary alicyclic amines) is 2. The first-order chi connectivity index (χ1) is 29.2. The molecule has 0 radical (unpaired) electrons. The Bertz CT molecular complexity index is 1800. The van der Waals surface area contributed by atoms with Crippen LogP contribution >= 0.6 is 0 Å². The average molecular weight is 860 g/mol. The Kier molecular flexibility index (Phi) is 16.3. The molecule has 0 spiro atoms. The molecule has 13 heteroatoms. The van der Waals surface area contributed by atoms with Gasteiger partial charge in [0.15, 0.2) is 24.9 Å². The quantitative estimate of drug-likeness (QED) is 0.0819. The molecule has 5 rings (SSSR count). The van der Waals surface area contributed by atoms with E-state index in [9.17, 15) is 19.8 Å². The lowest BCUT2D eigenvalue weighted by atomic mass is 9.78. The minimum atomic E-state index is -0.465. The van der Waals surface area contributed by atoms with Crippen LogP contribution in [0.3, 0.4) is 0 Å². The summed E-state index contributed by atoms with van der Waals surface area (Å²) in [5.74, 6) is -0.370. The average Bonchev–Trinajstić information content (AvgIpc) is 3.17. The number of benzene rings is 2. The molecule has 342 valence electrons. The molecule has 0 bridgehead atoms. The lowest BCUT2D eigenvalue weighted by Gasteiger charge is -2.55. The fraction of sp³-hybridized carbons (Fsp3) is 0.653.